The van der Waals surface area contributed by atoms with Crippen LogP contribution in [0.1, 0.15) is 36.1 Å². The molecule has 9 nitrogen and oxygen atoms in total. The van der Waals surface area contributed by atoms with Crippen molar-refractivity contribution in [3.63, 3.8) is 0 Å². The van der Waals surface area contributed by atoms with Gasteiger partial charge in [-0.1, -0.05) is 17.4 Å². The Labute approximate surface area is 208 Å². The molecule has 11 heteroatoms. The van der Waals surface area contributed by atoms with E-state index in [4.69, 9.17) is 9.84 Å². The third kappa shape index (κ3) is 3.27. The number of benzene rings is 1. The maximum absolute atomic E-state index is 13.3. The van der Waals surface area contributed by atoms with E-state index in [0.29, 0.717) is 12.4 Å². The molecule has 2 aliphatic carbocycles. The average molecular weight is 517 g/mol. The third-order valence-corrected chi connectivity index (χ3v) is 10.6. The first-order valence-electron chi connectivity index (χ1n) is 11.7. The molecule has 35 heavy (non-hydrogen) atoms. The SMILES string of the molecule is CCOc1cc([C@@H]2c3sc(=O)[nH]c3S[C@@H]3[C@@H]4C[C@H]([C@H]5C(=O)N(CCC(=O)O)C(=O)[C@H]45)[C@H]23)ccc1O. The van der Waals surface area contributed by atoms with E-state index in [0.717, 1.165) is 26.8 Å². The molecule has 2 aromatic rings. The Balaban J connectivity index is 1.42. The van der Waals surface area contributed by atoms with Gasteiger partial charge in [0.15, 0.2) is 11.5 Å². The van der Waals surface area contributed by atoms with Crippen LogP contribution < -0.4 is 9.61 Å². The quantitative estimate of drug-likeness (QED) is 0.498. The van der Waals surface area contributed by atoms with E-state index in [9.17, 15) is 24.3 Å². The zero-order valence-corrected chi connectivity index (χ0v) is 20.4. The minimum Gasteiger partial charge on any atom is -0.504 e. The lowest BCUT2D eigenvalue weighted by Gasteiger charge is -2.43. The van der Waals surface area contributed by atoms with Crippen LogP contribution in [0.25, 0.3) is 0 Å². The summed E-state index contributed by atoms with van der Waals surface area (Å²) in [7, 11) is 0. The molecule has 0 radical (unpaired) electrons. The summed E-state index contributed by atoms with van der Waals surface area (Å²) in [4.78, 5) is 54.9. The molecule has 184 valence electrons. The lowest BCUT2D eigenvalue weighted by molar-refractivity contribution is -0.142. The highest BCUT2D eigenvalue weighted by molar-refractivity contribution is 8.00. The van der Waals surface area contributed by atoms with Crippen molar-refractivity contribution in [1.82, 2.24) is 9.88 Å². The van der Waals surface area contributed by atoms with Gasteiger partial charge in [-0.2, -0.15) is 0 Å². The second-order valence-electron chi connectivity index (χ2n) is 9.59. The molecular weight excluding hydrogens is 492 g/mol. The number of phenolic OH excluding ortho intramolecular Hbond substituents is 1. The van der Waals surface area contributed by atoms with Crippen molar-refractivity contribution in [3.8, 4) is 11.5 Å². The van der Waals surface area contributed by atoms with Gasteiger partial charge < -0.3 is 19.9 Å². The lowest BCUT2D eigenvalue weighted by Crippen LogP contribution is -2.42. The Kier molecular flexibility index (Phi) is 5.26. The maximum Gasteiger partial charge on any atom is 0.305 e. The van der Waals surface area contributed by atoms with Gasteiger partial charge >= 0.3 is 10.8 Å². The highest BCUT2D eigenvalue weighted by Crippen LogP contribution is 2.68. The first-order valence-corrected chi connectivity index (χ1v) is 13.4. The van der Waals surface area contributed by atoms with E-state index < -0.39 is 17.8 Å². The second-order valence-corrected chi connectivity index (χ2v) is 11.8. The molecule has 2 aliphatic heterocycles. The van der Waals surface area contributed by atoms with Crippen LogP contribution in [-0.2, 0) is 14.4 Å². The van der Waals surface area contributed by atoms with Crippen molar-refractivity contribution >= 4 is 40.9 Å². The number of aliphatic carboxylic acids is 1. The number of carbonyl (C=O) groups is 3. The predicted molar refractivity (Wildman–Crippen MR) is 127 cm³/mol. The summed E-state index contributed by atoms with van der Waals surface area (Å²) in [6.07, 6.45) is 0.497. The number of fused-ring (bicyclic) bond motifs is 9. The van der Waals surface area contributed by atoms with E-state index in [2.05, 4.69) is 4.98 Å². The highest BCUT2D eigenvalue weighted by Gasteiger charge is 2.69. The molecular formula is C24H24N2O7S2. The number of hydrogen-bond acceptors (Lipinski definition) is 8. The van der Waals surface area contributed by atoms with Crippen LogP contribution in [0.5, 0.6) is 11.5 Å². The third-order valence-electron chi connectivity index (χ3n) is 8.01. The standard InChI is InChI=1S/C24H24N2O7S2/c1-2-33-13-7-9(3-4-12(13)27)15-16-10-8-11(19(16)34-21-20(15)35-24(32)25-21)18-17(10)22(30)26(23(18)31)6-5-14(28)29/h3-4,7,10-11,15-19,27H,2,5-6,8H2,1H3,(H,25,32)(H,28,29)/t10-,11+,15-,16+,17+,18+,19+/m0/s1. The fraction of sp³-hybridized carbons (Fsp3) is 0.500. The molecule has 1 aromatic heterocycles. The highest BCUT2D eigenvalue weighted by atomic mass is 32.2. The number of aromatic nitrogens is 1. The minimum atomic E-state index is -1.04. The minimum absolute atomic E-state index is 0.0196. The summed E-state index contributed by atoms with van der Waals surface area (Å²) in [6.45, 7) is 2.13. The van der Waals surface area contributed by atoms with Gasteiger partial charge in [-0.15, -0.1) is 11.8 Å². The molecule has 6 rings (SSSR count). The molecule has 1 aromatic carbocycles. The number of carbonyl (C=O) groups excluding carboxylic acids is 2. The first-order chi connectivity index (χ1) is 16.8. The van der Waals surface area contributed by atoms with Crippen LogP contribution in [0.3, 0.4) is 0 Å². The van der Waals surface area contributed by atoms with E-state index in [-0.39, 0.29) is 64.3 Å². The fourth-order valence-electron chi connectivity index (χ4n) is 6.87. The van der Waals surface area contributed by atoms with Crippen molar-refractivity contribution in [2.45, 2.75) is 36.0 Å². The number of H-pyrrole nitrogens is 1. The van der Waals surface area contributed by atoms with Crippen LogP contribution >= 0.6 is 23.1 Å². The van der Waals surface area contributed by atoms with Gasteiger partial charge in [-0.05, 0) is 48.8 Å². The predicted octanol–water partition coefficient (Wildman–Crippen LogP) is 2.49. The number of thioether (sulfide) groups is 1. The van der Waals surface area contributed by atoms with Crippen LogP contribution in [0.2, 0.25) is 0 Å². The number of phenols is 1. The zero-order valence-electron chi connectivity index (χ0n) is 18.8. The van der Waals surface area contributed by atoms with Crippen LogP contribution in [0, 0.1) is 29.6 Å². The summed E-state index contributed by atoms with van der Waals surface area (Å²) in [6, 6.07) is 5.25. The van der Waals surface area contributed by atoms with E-state index in [1.807, 2.05) is 19.1 Å². The number of likely N-dealkylation sites (tertiary alicyclic amines) is 1. The van der Waals surface area contributed by atoms with Gasteiger partial charge in [0, 0.05) is 22.6 Å². The molecule has 0 spiro atoms. The number of aromatic amines is 1. The monoisotopic (exact) mass is 516 g/mol. The Morgan fingerprint density at radius 1 is 1.20 bits per heavy atom. The number of rotatable bonds is 6. The van der Waals surface area contributed by atoms with Crippen molar-refractivity contribution < 1.29 is 29.3 Å². The number of nitrogens with zero attached hydrogens (tertiary/aromatic N) is 1. The Bertz CT molecular complexity index is 1300. The number of thiazole rings is 1. The van der Waals surface area contributed by atoms with Crippen LogP contribution in [0.15, 0.2) is 28.0 Å². The number of carboxylic acid groups (broad SMARTS) is 1. The van der Waals surface area contributed by atoms with Crippen molar-refractivity contribution in [2.75, 3.05) is 13.2 Å². The number of hydrogen-bond donors (Lipinski definition) is 3. The molecule has 7 atom stereocenters. The average Bonchev–Trinajstić information content (AvgIpc) is 3.53. The Morgan fingerprint density at radius 2 is 1.94 bits per heavy atom. The number of amides is 2. The smallest absolute Gasteiger partial charge is 0.305 e. The van der Waals surface area contributed by atoms with Gasteiger partial charge in [0.1, 0.15) is 0 Å². The Morgan fingerprint density at radius 3 is 2.66 bits per heavy atom. The normalized spacial score (nSPS) is 32.5. The summed E-state index contributed by atoms with van der Waals surface area (Å²) in [5.74, 6) is -2.24. The molecule has 3 N–H and O–H groups in total. The van der Waals surface area contributed by atoms with E-state index in [1.165, 1.54) is 11.3 Å². The maximum atomic E-state index is 13.3. The summed E-state index contributed by atoms with van der Waals surface area (Å²) >= 11 is 2.77. The van der Waals surface area contributed by atoms with Gasteiger partial charge in [0.2, 0.25) is 11.8 Å². The molecule has 0 unspecified atom stereocenters. The summed E-state index contributed by atoms with van der Waals surface area (Å²) in [5.41, 5.74) is 0.904. The first kappa shape index (κ1) is 22.7. The molecule has 2 saturated carbocycles. The summed E-state index contributed by atoms with van der Waals surface area (Å²) < 4.78 is 5.62. The lowest BCUT2D eigenvalue weighted by atomic mass is 9.68. The van der Waals surface area contributed by atoms with Crippen molar-refractivity contribution in [3.05, 3.63) is 38.3 Å². The molecule has 3 heterocycles. The van der Waals surface area contributed by atoms with Crippen molar-refractivity contribution in [1.29, 1.82) is 0 Å². The second kappa shape index (κ2) is 8.12. The summed E-state index contributed by atoms with van der Waals surface area (Å²) in [5, 5.41) is 20.2. The molecule has 2 amide bonds. The molecule has 1 saturated heterocycles. The zero-order chi connectivity index (χ0) is 24.6. The Hall–Kier alpha value is -2.79. The van der Waals surface area contributed by atoms with Crippen LogP contribution in [0.4, 0.5) is 0 Å². The number of aromatic hydroxyl groups is 1. The molecule has 3 fully saturated rings. The number of carboxylic acids is 1. The van der Waals surface area contributed by atoms with Gasteiger partial charge in [-0.3, -0.25) is 24.1 Å². The van der Waals surface area contributed by atoms with Gasteiger partial charge in [0.25, 0.3) is 0 Å². The van der Waals surface area contributed by atoms with Gasteiger partial charge in [-0.25, -0.2) is 0 Å². The van der Waals surface area contributed by atoms with Crippen LogP contribution in [-0.4, -0.2) is 56.3 Å². The van der Waals surface area contributed by atoms with E-state index >= 15 is 0 Å². The number of ether oxygens (including phenoxy) is 1. The number of nitrogens with one attached hydrogen (secondary N) is 1. The number of imide groups is 1. The molecule has 2 bridgehead atoms. The fourth-order valence-corrected chi connectivity index (χ4v) is 9.76. The topological polar surface area (TPSA) is 137 Å². The molecule has 4 aliphatic rings. The van der Waals surface area contributed by atoms with Gasteiger partial charge in [0.05, 0.1) is 29.9 Å². The van der Waals surface area contributed by atoms with E-state index in [1.54, 1.807) is 17.8 Å². The van der Waals surface area contributed by atoms with Crippen molar-refractivity contribution in [2.24, 2.45) is 29.6 Å². The largest absolute Gasteiger partial charge is 0.504 e.